The number of carboxylic acid groups (broad SMARTS) is 1. The van der Waals surface area contributed by atoms with E-state index in [4.69, 9.17) is 13.7 Å². The summed E-state index contributed by atoms with van der Waals surface area (Å²) in [5, 5.41) is 12.4. The van der Waals surface area contributed by atoms with Crippen LogP contribution in [0.5, 0.6) is 0 Å². The largest absolute Gasteiger partial charge is 0.481 e. The SMILES string of the molecule is Cc1ccc(S(=O)(=O)O[C@H]2C[C@@](NC(=O)OC(C)(C)C)(C(=O)OCc3ccccc3)[C@@H]3[C@@H](C(=O)O)[C@@H]32)cc1. The van der Waals surface area contributed by atoms with Crippen molar-refractivity contribution in [2.45, 2.75) is 62.9 Å². The zero-order valence-corrected chi connectivity index (χ0v) is 22.4. The fourth-order valence-corrected chi connectivity index (χ4v) is 6.21. The lowest BCUT2D eigenvalue weighted by Gasteiger charge is -2.33. The summed E-state index contributed by atoms with van der Waals surface area (Å²) in [6.07, 6.45) is -2.44. The number of hydrogen-bond acceptors (Lipinski definition) is 8. The molecule has 2 aromatic carbocycles. The van der Waals surface area contributed by atoms with Gasteiger partial charge in [0.1, 0.15) is 17.7 Å². The minimum absolute atomic E-state index is 0.101. The van der Waals surface area contributed by atoms with Crippen LogP contribution in [0, 0.1) is 24.7 Å². The van der Waals surface area contributed by atoms with Gasteiger partial charge in [-0.3, -0.25) is 8.98 Å². The summed E-state index contributed by atoms with van der Waals surface area (Å²) >= 11 is 0. The van der Waals surface area contributed by atoms with Gasteiger partial charge in [0, 0.05) is 18.3 Å². The number of ether oxygens (including phenoxy) is 2. The van der Waals surface area contributed by atoms with Crippen molar-refractivity contribution in [1.82, 2.24) is 5.32 Å². The highest BCUT2D eigenvalue weighted by Gasteiger charge is 2.77. The number of carbonyl (C=O) groups excluding carboxylic acids is 2. The van der Waals surface area contributed by atoms with Crippen LogP contribution in [-0.4, -0.2) is 48.8 Å². The van der Waals surface area contributed by atoms with Crippen LogP contribution >= 0.6 is 0 Å². The quantitative estimate of drug-likeness (QED) is 0.376. The number of nitrogens with one attached hydrogen (secondary N) is 1. The molecule has 2 fully saturated rings. The highest BCUT2D eigenvalue weighted by molar-refractivity contribution is 7.86. The highest BCUT2D eigenvalue weighted by Crippen LogP contribution is 2.64. The Hall–Kier alpha value is -3.44. The van der Waals surface area contributed by atoms with E-state index in [-0.39, 0.29) is 17.9 Å². The predicted octanol–water partition coefficient (Wildman–Crippen LogP) is 3.43. The fourth-order valence-electron chi connectivity index (χ4n) is 5.10. The van der Waals surface area contributed by atoms with Gasteiger partial charge < -0.3 is 19.9 Å². The standard InChI is InChI=1S/C27H31NO9S/c1-16-10-12-18(13-11-16)38(33,34)37-19-14-27(22-20(19)21(22)23(29)30,28-25(32)36-26(2,3)4)24(31)35-15-17-8-6-5-7-9-17/h5-13,19-22H,14-15H2,1-4H3,(H,28,32)(H,29,30)/t19-,20-,21-,22-,27-/m0/s1. The van der Waals surface area contributed by atoms with Crippen molar-refractivity contribution < 1.29 is 41.6 Å². The van der Waals surface area contributed by atoms with Gasteiger partial charge in [-0.05, 0) is 45.4 Å². The normalized spacial score (nSPS) is 26.2. The number of amides is 1. The van der Waals surface area contributed by atoms with Crippen LogP contribution < -0.4 is 5.32 Å². The van der Waals surface area contributed by atoms with E-state index in [1.807, 2.05) is 0 Å². The third-order valence-corrected chi connectivity index (χ3v) is 8.09. The number of carboxylic acids is 1. The van der Waals surface area contributed by atoms with Crippen LogP contribution in [0.25, 0.3) is 0 Å². The Kier molecular flexibility index (Phi) is 7.28. The van der Waals surface area contributed by atoms with Gasteiger partial charge in [-0.15, -0.1) is 0 Å². The van der Waals surface area contributed by atoms with Crippen molar-refractivity contribution in [2.75, 3.05) is 0 Å². The smallest absolute Gasteiger partial charge is 0.408 e. The topological polar surface area (TPSA) is 145 Å². The molecule has 0 radical (unpaired) electrons. The molecule has 0 saturated heterocycles. The molecule has 2 aliphatic carbocycles. The number of esters is 1. The van der Waals surface area contributed by atoms with Crippen molar-refractivity contribution in [3.05, 3.63) is 65.7 Å². The van der Waals surface area contributed by atoms with Crippen LogP contribution in [0.15, 0.2) is 59.5 Å². The maximum Gasteiger partial charge on any atom is 0.408 e. The number of rotatable bonds is 8. The van der Waals surface area contributed by atoms with Gasteiger partial charge in [-0.2, -0.15) is 8.42 Å². The van der Waals surface area contributed by atoms with E-state index in [2.05, 4.69) is 5.32 Å². The van der Waals surface area contributed by atoms with Crippen LogP contribution in [-0.2, 0) is 40.0 Å². The first-order chi connectivity index (χ1) is 17.7. The molecule has 0 spiro atoms. The summed E-state index contributed by atoms with van der Waals surface area (Å²) in [5.41, 5.74) is -1.24. The van der Waals surface area contributed by atoms with Gasteiger partial charge in [0.15, 0.2) is 0 Å². The molecule has 0 heterocycles. The molecule has 0 unspecified atom stereocenters. The van der Waals surface area contributed by atoms with Gasteiger partial charge >= 0.3 is 18.0 Å². The summed E-state index contributed by atoms with van der Waals surface area (Å²) in [5.74, 6) is -5.03. The molecule has 2 N–H and O–H groups in total. The first-order valence-electron chi connectivity index (χ1n) is 12.2. The molecule has 0 bridgehead atoms. The van der Waals surface area contributed by atoms with E-state index in [1.54, 1.807) is 70.2 Å². The third kappa shape index (κ3) is 5.68. The number of hydrogen-bond donors (Lipinski definition) is 2. The summed E-state index contributed by atoms with van der Waals surface area (Å²) in [6.45, 7) is 6.60. The summed E-state index contributed by atoms with van der Waals surface area (Å²) in [6, 6.07) is 14.8. The molecule has 2 aliphatic rings. The van der Waals surface area contributed by atoms with Crippen LogP contribution in [0.3, 0.4) is 0 Å². The second-order valence-electron chi connectivity index (χ2n) is 10.7. The molecule has 10 nitrogen and oxygen atoms in total. The number of fused-ring (bicyclic) bond motifs is 1. The maximum absolute atomic E-state index is 13.6. The Balaban J connectivity index is 1.65. The van der Waals surface area contributed by atoms with Crippen LogP contribution in [0.1, 0.15) is 38.3 Å². The minimum Gasteiger partial charge on any atom is -0.481 e. The zero-order chi connectivity index (χ0) is 27.9. The van der Waals surface area contributed by atoms with Gasteiger partial charge in [0.05, 0.1) is 16.9 Å². The summed E-state index contributed by atoms with van der Waals surface area (Å²) in [7, 11) is -4.29. The van der Waals surface area contributed by atoms with Crippen molar-refractivity contribution in [3.8, 4) is 0 Å². The second-order valence-corrected chi connectivity index (χ2v) is 12.3. The molecule has 1 amide bonds. The van der Waals surface area contributed by atoms with E-state index in [0.717, 1.165) is 5.56 Å². The zero-order valence-electron chi connectivity index (χ0n) is 21.5. The Bertz CT molecular complexity index is 1320. The molecule has 0 aliphatic heterocycles. The van der Waals surface area contributed by atoms with E-state index in [1.165, 1.54) is 12.1 Å². The number of aliphatic carboxylic acids is 1. The van der Waals surface area contributed by atoms with Gasteiger partial charge in [-0.25, -0.2) is 9.59 Å². The van der Waals surface area contributed by atoms with E-state index in [9.17, 15) is 27.9 Å². The maximum atomic E-state index is 13.6. The molecular formula is C27H31NO9S. The molecule has 38 heavy (non-hydrogen) atoms. The predicted molar refractivity (Wildman–Crippen MR) is 134 cm³/mol. The number of benzene rings is 2. The first kappa shape index (κ1) is 27.6. The fraction of sp³-hybridized carbons (Fsp3) is 0.444. The Morgan fingerprint density at radius 1 is 1.05 bits per heavy atom. The molecule has 204 valence electrons. The molecule has 11 heteroatoms. The van der Waals surface area contributed by atoms with E-state index >= 15 is 0 Å². The average molecular weight is 546 g/mol. The Morgan fingerprint density at radius 3 is 2.26 bits per heavy atom. The van der Waals surface area contributed by atoms with Crippen LogP contribution in [0.2, 0.25) is 0 Å². The lowest BCUT2D eigenvalue weighted by molar-refractivity contribution is -0.155. The lowest BCUT2D eigenvalue weighted by Crippen LogP contribution is -2.58. The van der Waals surface area contributed by atoms with Crippen molar-refractivity contribution >= 4 is 28.1 Å². The van der Waals surface area contributed by atoms with E-state index in [0.29, 0.717) is 5.56 Å². The van der Waals surface area contributed by atoms with E-state index < -0.39 is 63.1 Å². The first-order valence-corrected chi connectivity index (χ1v) is 13.6. The van der Waals surface area contributed by atoms with Crippen molar-refractivity contribution in [3.63, 3.8) is 0 Å². The molecule has 4 rings (SSSR count). The lowest BCUT2D eigenvalue weighted by atomic mass is 9.89. The molecule has 5 atom stereocenters. The number of carbonyl (C=O) groups is 3. The van der Waals surface area contributed by atoms with Gasteiger partial charge in [0.25, 0.3) is 10.1 Å². The highest BCUT2D eigenvalue weighted by atomic mass is 32.2. The number of aryl methyl sites for hydroxylation is 1. The molecular weight excluding hydrogens is 514 g/mol. The van der Waals surface area contributed by atoms with Gasteiger partial charge in [0.2, 0.25) is 0 Å². The second kappa shape index (κ2) is 10.0. The molecule has 2 saturated carbocycles. The molecule has 2 aromatic rings. The Labute approximate surface area is 221 Å². The third-order valence-electron chi connectivity index (χ3n) is 6.74. The number of alkyl carbamates (subject to hydrolysis) is 1. The monoisotopic (exact) mass is 545 g/mol. The van der Waals surface area contributed by atoms with Crippen LogP contribution in [0.4, 0.5) is 4.79 Å². The van der Waals surface area contributed by atoms with Crippen molar-refractivity contribution in [1.29, 1.82) is 0 Å². The summed E-state index contributed by atoms with van der Waals surface area (Å²) < 4.78 is 42.5. The minimum atomic E-state index is -4.29. The molecule has 0 aromatic heterocycles. The van der Waals surface area contributed by atoms with Crippen molar-refractivity contribution in [2.24, 2.45) is 17.8 Å². The van der Waals surface area contributed by atoms with Gasteiger partial charge in [-0.1, -0.05) is 48.0 Å². The summed E-state index contributed by atoms with van der Waals surface area (Å²) in [4.78, 5) is 38.4. The Morgan fingerprint density at radius 2 is 1.68 bits per heavy atom. The average Bonchev–Trinajstić information content (AvgIpc) is 3.51.